The van der Waals surface area contributed by atoms with E-state index in [1.807, 2.05) is 18.2 Å². The van der Waals surface area contributed by atoms with Crippen LogP contribution in [0.25, 0.3) is 0 Å². The molecular weight excluding hydrogens is 367 g/mol. The number of alkyl halides is 1. The Kier molecular flexibility index (Phi) is 6.23. The molecule has 2 aromatic rings. The quantitative estimate of drug-likeness (QED) is 0.825. The summed E-state index contributed by atoms with van der Waals surface area (Å²) in [5.41, 5.74) is 1.06. The first kappa shape index (κ1) is 19.5. The van der Waals surface area contributed by atoms with E-state index in [0.717, 1.165) is 5.56 Å². The van der Waals surface area contributed by atoms with Gasteiger partial charge in [-0.3, -0.25) is 4.79 Å². The molecule has 1 aliphatic rings. The highest BCUT2D eigenvalue weighted by Gasteiger charge is 2.30. The minimum Gasteiger partial charge on any atom is -0.350 e. The van der Waals surface area contributed by atoms with Crippen molar-refractivity contribution in [2.75, 3.05) is 13.1 Å². The van der Waals surface area contributed by atoms with E-state index in [0.29, 0.717) is 31.5 Å². The van der Waals surface area contributed by atoms with Crippen molar-refractivity contribution in [1.29, 1.82) is 0 Å². The minimum absolute atomic E-state index is 0.0363. The molecule has 5 nitrogen and oxygen atoms in total. The fraction of sp³-hybridized carbons (Fsp3) is 0.350. The lowest BCUT2D eigenvalue weighted by molar-refractivity contribution is -0.127. The second-order valence-corrected chi connectivity index (χ2v) is 8.67. The molecule has 0 aliphatic carbocycles. The maximum atomic E-state index is 14.3. The molecule has 1 fully saturated rings. The van der Waals surface area contributed by atoms with E-state index in [4.69, 9.17) is 0 Å². The van der Waals surface area contributed by atoms with Crippen LogP contribution in [0.2, 0.25) is 0 Å². The van der Waals surface area contributed by atoms with Gasteiger partial charge in [0.1, 0.15) is 0 Å². The van der Waals surface area contributed by atoms with Crippen LogP contribution in [0, 0.1) is 0 Å². The molecule has 1 heterocycles. The summed E-state index contributed by atoms with van der Waals surface area (Å²) in [6.07, 6.45) is -0.770. The molecule has 0 radical (unpaired) electrons. The zero-order valence-electron chi connectivity index (χ0n) is 14.9. The lowest BCUT2D eigenvalue weighted by Crippen LogP contribution is -2.47. The van der Waals surface area contributed by atoms with Gasteiger partial charge in [0.2, 0.25) is 16.2 Å². The maximum Gasteiger partial charge on any atom is 0.259 e. The third kappa shape index (κ3) is 5.14. The molecule has 0 saturated carbocycles. The number of benzene rings is 2. The molecule has 0 aromatic heterocycles. The number of piperidine rings is 1. The van der Waals surface area contributed by atoms with Crippen molar-refractivity contribution < 1.29 is 17.6 Å². The van der Waals surface area contributed by atoms with Crippen LogP contribution in [-0.4, -0.2) is 37.8 Å². The second-order valence-electron chi connectivity index (χ2n) is 6.70. The molecular formula is C20H23FN2O3S. The molecule has 1 unspecified atom stereocenters. The normalized spacial score (nSPS) is 17.4. The Morgan fingerprint density at radius 3 is 2.19 bits per heavy atom. The number of nitrogens with zero attached hydrogens (tertiary/aromatic N) is 1. The number of nitrogens with one attached hydrogen (secondary N) is 1. The van der Waals surface area contributed by atoms with Gasteiger partial charge in [0.15, 0.2) is 0 Å². The van der Waals surface area contributed by atoms with Crippen LogP contribution in [-0.2, 0) is 20.6 Å². The van der Waals surface area contributed by atoms with Crippen molar-refractivity contribution in [3.63, 3.8) is 0 Å². The summed E-state index contributed by atoms with van der Waals surface area (Å²) in [6, 6.07) is 17.1. The number of rotatable bonds is 6. The third-order valence-electron chi connectivity index (χ3n) is 4.71. The zero-order chi connectivity index (χ0) is 19.3. The van der Waals surface area contributed by atoms with Gasteiger partial charge in [0, 0.05) is 19.1 Å². The van der Waals surface area contributed by atoms with Crippen LogP contribution in [0.4, 0.5) is 4.39 Å². The molecule has 1 saturated heterocycles. The highest BCUT2D eigenvalue weighted by molar-refractivity contribution is 7.88. The Bertz CT molecular complexity index is 851. The van der Waals surface area contributed by atoms with E-state index in [-0.39, 0.29) is 11.8 Å². The fourth-order valence-electron chi connectivity index (χ4n) is 3.20. The number of hydrogen-bond acceptors (Lipinski definition) is 3. The summed E-state index contributed by atoms with van der Waals surface area (Å²) < 4.78 is 40.8. The highest BCUT2D eigenvalue weighted by atomic mass is 32.2. The molecule has 0 bridgehead atoms. The van der Waals surface area contributed by atoms with Crippen molar-refractivity contribution in [3.05, 3.63) is 71.8 Å². The molecule has 3 rings (SSSR count). The Labute approximate surface area is 159 Å². The van der Waals surface area contributed by atoms with Gasteiger partial charge in [-0.15, -0.1) is 0 Å². The number of carbonyl (C=O) groups is 1. The molecule has 27 heavy (non-hydrogen) atoms. The van der Waals surface area contributed by atoms with E-state index in [1.54, 1.807) is 42.5 Å². The summed E-state index contributed by atoms with van der Waals surface area (Å²) in [5.74, 6) is -0.711. The van der Waals surface area contributed by atoms with Gasteiger partial charge >= 0.3 is 0 Å². The lowest BCUT2D eigenvalue weighted by Gasteiger charge is -2.32. The van der Waals surface area contributed by atoms with Crippen LogP contribution < -0.4 is 5.32 Å². The first-order chi connectivity index (χ1) is 13.0. The Balaban J connectivity index is 1.52. The van der Waals surface area contributed by atoms with E-state index in [9.17, 15) is 17.6 Å². The standard InChI is InChI=1S/C20H23FN2O3S/c21-19(17-9-5-2-6-10-17)20(24)22-18-11-13-23(14-12-18)27(25,26)15-16-7-3-1-4-8-16/h1-10,18-19H,11-15H2,(H,22,24). The van der Waals surface area contributed by atoms with Gasteiger partial charge < -0.3 is 5.32 Å². The van der Waals surface area contributed by atoms with Crippen molar-refractivity contribution in [2.45, 2.75) is 30.8 Å². The number of amides is 1. The Hall–Kier alpha value is -2.25. The third-order valence-corrected chi connectivity index (χ3v) is 6.56. The molecule has 1 amide bonds. The second kappa shape index (κ2) is 8.63. The topological polar surface area (TPSA) is 66.5 Å². The van der Waals surface area contributed by atoms with E-state index < -0.39 is 22.1 Å². The smallest absolute Gasteiger partial charge is 0.259 e. The van der Waals surface area contributed by atoms with Crippen molar-refractivity contribution in [2.24, 2.45) is 0 Å². The number of hydrogen-bond donors (Lipinski definition) is 1. The molecule has 7 heteroatoms. The summed E-state index contributed by atoms with van der Waals surface area (Å²) in [4.78, 5) is 12.1. The van der Waals surface area contributed by atoms with Gasteiger partial charge in [-0.2, -0.15) is 0 Å². The molecule has 1 N–H and O–H groups in total. The molecule has 1 aliphatic heterocycles. The summed E-state index contributed by atoms with van der Waals surface area (Å²) >= 11 is 0. The van der Waals surface area contributed by atoms with Crippen LogP contribution in [0.5, 0.6) is 0 Å². The molecule has 144 valence electrons. The van der Waals surface area contributed by atoms with E-state index in [2.05, 4.69) is 5.32 Å². The van der Waals surface area contributed by atoms with Gasteiger partial charge in [0.25, 0.3) is 5.91 Å². The Morgan fingerprint density at radius 2 is 1.59 bits per heavy atom. The number of sulfonamides is 1. The largest absolute Gasteiger partial charge is 0.350 e. The number of halogens is 1. The van der Waals surface area contributed by atoms with Crippen molar-refractivity contribution in [1.82, 2.24) is 9.62 Å². The summed E-state index contributed by atoms with van der Waals surface area (Å²) in [6.45, 7) is 0.644. The molecule has 0 spiro atoms. The maximum absolute atomic E-state index is 14.3. The van der Waals surface area contributed by atoms with Crippen LogP contribution in [0.15, 0.2) is 60.7 Å². The predicted octanol–water partition coefficient (Wildman–Crippen LogP) is 2.81. The molecule has 1 atom stereocenters. The Morgan fingerprint density at radius 1 is 1.04 bits per heavy atom. The SMILES string of the molecule is O=C(NC1CCN(S(=O)(=O)Cc2ccccc2)CC1)C(F)c1ccccc1. The minimum atomic E-state index is -3.40. The van der Waals surface area contributed by atoms with Gasteiger partial charge in [-0.1, -0.05) is 60.7 Å². The average Bonchev–Trinajstić information content (AvgIpc) is 2.69. The van der Waals surface area contributed by atoms with Crippen LogP contribution >= 0.6 is 0 Å². The summed E-state index contributed by atoms with van der Waals surface area (Å²) in [5, 5.41) is 2.70. The zero-order valence-corrected chi connectivity index (χ0v) is 15.7. The highest BCUT2D eigenvalue weighted by Crippen LogP contribution is 2.20. The average molecular weight is 390 g/mol. The van der Waals surface area contributed by atoms with Crippen LogP contribution in [0.3, 0.4) is 0 Å². The molecule has 2 aromatic carbocycles. The summed E-state index contributed by atoms with van der Waals surface area (Å²) in [7, 11) is -3.40. The first-order valence-corrected chi connectivity index (χ1v) is 10.6. The monoisotopic (exact) mass is 390 g/mol. The fourth-order valence-corrected chi connectivity index (χ4v) is 4.77. The predicted molar refractivity (Wildman–Crippen MR) is 102 cm³/mol. The van der Waals surface area contributed by atoms with E-state index >= 15 is 0 Å². The van der Waals surface area contributed by atoms with Gasteiger partial charge in [0.05, 0.1) is 5.75 Å². The van der Waals surface area contributed by atoms with Gasteiger partial charge in [-0.25, -0.2) is 17.1 Å². The van der Waals surface area contributed by atoms with Crippen molar-refractivity contribution >= 4 is 15.9 Å². The number of carbonyl (C=O) groups excluding carboxylic acids is 1. The van der Waals surface area contributed by atoms with Crippen molar-refractivity contribution in [3.8, 4) is 0 Å². The lowest BCUT2D eigenvalue weighted by atomic mass is 10.1. The first-order valence-electron chi connectivity index (χ1n) is 8.97. The van der Waals surface area contributed by atoms with Gasteiger partial charge in [-0.05, 0) is 24.0 Å². The van der Waals surface area contributed by atoms with Crippen LogP contribution in [0.1, 0.15) is 30.1 Å². The van der Waals surface area contributed by atoms with E-state index in [1.165, 1.54) is 4.31 Å².